The van der Waals surface area contributed by atoms with Gasteiger partial charge in [-0.1, -0.05) is 6.92 Å². The molecule has 2 rings (SSSR count). The van der Waals surface area contributed by atoms with Gasteiger partial charge in [0.2, 0.25) is 0 Å². The van der Waals surface area contributed by atoms with Crippen molar-refractivity contribution in [3.05, 3.63) is 34.3 Å². The largest absolute Gasteiger partial charge is 0.337 e. The third-order valence-electron chi connectivity index (χ3n) is 2.79. The number of rotatable bonds is 5. The predicted molar refractivity (Wildman–Crippen MR) is 69.9 cm³/mol. The van der Waals surface area contributed by atoms with Crippen molar-refractivity contribution in [2.75, 3.05) is 0 Å². The molecule has 0 bridgehead atoms. The molecule has 0 aromatic carbocycles. The summed E-state index contributed by atoms with van der Waals surface area (Å²) in [5.41, 5.74) is 2.29. The van der Waals surface area contributed by atoms with E-state index in [-0.39, 0.29) is 0 Å². The van der Waals surface area contributed by atoms with E-state index in [1.165, 1.54) is 10.7 Å². The van der Waals surface area contributed by atoms with Gasteiger partial charge in [-0.3, -0.25) is 0 Å². The van der Waals surface area contributed by atoms with Gasteiger partial charge in [0, 0.05) is 30.9 Å². The maximum absolute atomic E-state index is 4.54. The zero-order valence-corrected chi connectivity index (χ0v) is 11.3. The molecule has 0 aliphatic carbocycles. The second-order valence-corrected chi connectivity index (χ2v) is 5.05. The van der Waals surface area contributed by atoms with E-state index in [0.717, 1.165) is 18.7 Å². The summed E-state index contributed by atoms with van der Waals surface area (Å²) in [7, 11) is 2.01. The molecule has 0 fully saturated rings. The molecule has 1 N–H and O–H groups in total. The van der Waals surface area contributed by atoms with Crippen molar-refractivity contribution in [3.8, 4) is 0 Å². The number of hydrogen-bond acceptors (Lipinski definition) is 4. The molecule has 1 atom stereocenters. The Morgan fingerprint density at radius 3 is 2.88 bits per heavy atom. The number of aromatic nitrogens is 3. The van der Waals surface area contributed by atoms with Gasteiger partial charge in [0.25, 0.3) is 0 Å². The lowest BCUT2D eigenvalue weighted by atomic mass is 10.2. The van der Waals surface area contributed by atoms with Crippen LogP contribution in [-0.4, -0.2) is 14.5 Å². The van der Waals surface area contributed by atoms with E-state index in [1.807, 2.05) is 31.1 Å². The first-order valence-electron chi connectivity index (χ1n) is 5.81. The van der Waals surface area contributed by atoms with Gasteiger partial charge in [0.15, 0.2) is 0 Å². The summed E-state index contributed by atoms with van der Waals surface area (Å²) in [6.45, 7) is 5.04. The average Bonchev–Trinajstić information content (AvgIpc) is 2.90. The highest BCUT2D eigenvalue weighted by Crippen LogP contribution is 2.21. The van der Waals surface area contributed by atoms with Crippen molar-refractivity contribution in [3.63, 3.8) is 0 Å². The maximum atomic E-state index is 4.54. The zero-order chi connectivity index (χ0) is 12.3. The molecule has 92 valence electrons. The van der Waals surface area contributed by atoms with E-state index in [2.05, 4.69) is 27.6 Å². The molecule has 0 saturated heterocycles. The Hall–Kier alpha value is -1.20. The molecule has 1 unspecified atom stereocenters. The number of nitrogens with zero attached hydrogens (tertiary/aromatic N) is 3. The van der Waals surface area contributed by atoms with E-state index < -0.39 is 0 Å². The minimum absolute atomic E-state index is 0.337. The second kappa shape index (κ2) is 5.42. The normalized spacial score (nSPS) is 12.9. The van der Waals surface area contributed by atoms with Gasteiger partial charge >= 0.3 is 0 Å². The van der Waals surface area contributed by atoms with Gasteiger partial charge in [0.1, 0.15) is 5.01 Å². The van der Waals surface area contributed by atoms with Crippen molar-refractivity contribution in [1.29, 1.82) is 0 Å². The Bertz CT molecular complexity index is 474. The zero-order valence-electron chi connectivity index (χ0n) is 10.5. The predicted octanol–water partition coefficient (Wildman–Crippen LogP) is 2.43. The van der Waals surface area contributed by atoms with Crippen LogP contribution in [0.3, 0.4) is 0 Å². The average molecular weight is 250 g/mol. The van der Waals surface area contributed by atoms with E-state index in [9.17, 15) is 0 Å². The highest BCUT2D eigenvalue weighted by Gasteiger charge is 2.12. The van der Waals surface area contributed by atoms with Crippen molar-refractivity contribution in [2.45, 2.75) is 32.9 Å². The van der Waals surface area contributed by atoms with E-state index in [1.54, 1.807) is 11.3 Å². The molecule has 0 spiro atoms. The van der Waals surface area contributed by atoms with Crippen LogP contribution >= 0.6 is 11.3 Å². The quantitative estimate of drug-likeness (QED) is 0.886. The van der Waals surface area contributed by atoms with Crippen molar-refractivity contribution in [2.24, 2.45) is 7.05 Å². The fraction of sp³-hybridized carbons (Fsp3) is 0.500. The van der Waals surface area contributed by atoms with E-state index in [4.69, 9.17) is 0 Å². The van der Waals surface area contributed by atoms with Crippen molar-refractivity contribution < 1.29 is 0 Å². The molecule has 0 amide bonds. The molecule has 4 nitrogen and oxygen atoms in total. The lowest BCUT2D eigenvalue weighted by molar-refractivity contribution is 0.505. The number of aryl methyl sites for hydroxylation is 2. The van der Waals surface area contributed by atoms with Crippen LogP contribution in [0.5, 0.6) is 0 Å². The summed E-state index contributed by atoms with van der Waals surface area (Å²) in [6, 6.07) is 0.337. The SMILES string of the molecule is CCC(NCc1cncn1C)c1nc(C)cs1. The first-order chi connectivity index (χ1) is 8.20. The summed E-state index contributed by atoms with van der Waals surface area (Å²) < 4.78 is 2.03. The number of nitrogens with one attached hydrogen (secondary N) is 1. The van der Waals surface area contributed by atoms with Crippen molar-refractivity contribution >= 4 is 11.3 Å². The van der Waals surface area contributed by atoms with Crippen LogP contribution in [-0.2, 0) is 13.6 Å². The minimum Gasteiger partial charge on any atom is -0.337 e. The number of hydrogen-bond donors (Lipinski definition) is 1. The Kier molecular flexibility index (Phi) is 3.91. The molecule has 0 aliphatic heterocycles. The summed E-state index contributed by atoms with van der Waals surface area (Å²) in [5, 5.41) is 6.80. The Morgan fingerprint density at radius 1 is 1.53 bits per heavy atom. The van der Waals surface area contributed by atoms with E-state index >= 15 is 0 Å². The molecule has 0 aliphatic rings. The molecule has 0 radical (unpaired) electrons. The first kappa shape index (κ1) is 12.3. The standard InChI is InChI=1S/C12H18N4S/c1-4-11(12-15-9(2)7-17-12)14-6-10-5-13-8-16(10)3/h5,7-8,11,14H,4,6H2,1-3H3. The smallest absolute Gasteiger partial charge is 0.110 e. The van der Waals surface area contributed by atoms with Gasteiger partial charge in [-0.15, -0.1) is 11.3 Å². The first-order valence-corrected chi connectivity index (χ1v) is 6.69. The van der Waals surface area contributed by atoms with E-state index in [0.29, 0.717) is 6.04 Å². The van der Waals surface area contributed by atoms with Crippen LogP contribution in [0.4, 0.5) is 0 Å². The lowest BCUT2D eigenvalue weighted by Gasteiger charge is -2.14. The van der Waals surface area contributed by atoms with Gasteiger partial charge in [-0.05, 0) is 13.3 Å². The van der Waals surface area contributed by atoms with Gasteiger partial charge in [-0.2, -0.15) is 0 Å². The van der Waals surface area contributed by atoms with Gasteiger partial charge in [0.05, 0.1) is 18.1 Å². The third-order valence-corrected chi connectivity index (χ3v) is 3.87. The van der Waals surface area contributed by atoms with Crippen LogP contribution in [0.2, 0.25) is 0 Å². The number of thiazole rings is 1. The maximum Gasteiger partial charge on any atom is 0.110 e. The Labute approximate surface area is 106 Å². The molecule has 2 heterocycles. The molecule has 5 heteroatoms. The third kappa shape index (κ3) is 2.92. The molecular weight excluding hydrogens is 232 g/mol. The van der Waals surface area contributed by atoms with Crippen LogP contribution in [0.1, 0.15) is 35.8 Å². The minimum atomic E-state index is 0.337. The lowest BCUT2D eigenvalue weighted by Crippen LogP contribution is -2.21. The van der Waals surface area contributed by atoms with Crippen LogP contribution in [0.25, 0.3) is 0 Å². The highest BCUT2D eigenvalue weighted by molar-refractivity contribution is 7.09. The highest BCUT2D eigenvalue weighted by atomic mass is 32.1. The second-order valence-electron chi connectivity index (χ2n) is 4.16. The Morgan fingerprint density at radius 2 is 2.35 bits per heavy atom. The van der Waals surface area contributed by atoms with Gasteiger partial charge in [-0.25, -0.2) is 9.97 Å². The van der Waals surface area contributed by atoms with Gasteiger partial charge < -0.3 is 9.88 Å². The fourth-order valence-corrected chi connectivity index (χ4v) is 2.68. The van der Waals surface area contributed by atoms with Crippen LogP contribution in [0.15, 0.2) is 17.9 Å². The molecule has 2 aromatic heterocycles. The monoisotopic (exact) mass is 250 g/mol. The van der Waals surface area contributed by atoms with Crippen LogP contribution in [0, 0.1) is 6.92 Å². The molecule has 0 saturated carbocycles. The Balaban J connectivity index is 1.99. The van der Waals surface area contributed by atoms with Crippen LogP contribution < -0.4 is 5.32 Å². The topological polar surface area (TPSA) is 42.7 Å². The molecular formula is C12H18N4S. The summed E-state index contributed by atoms with van der Waals surface area (Å²) in [6.07, 6.45) is 4.77. The summed E-state index contributed by atoms with van der Waals surface area (Å²) >= 11 is 1.73. The molecule has 17 heavy (non-hydrogen) atoms. The summed E-state index contributed by atoms with van der Waals surface area (Å²) in [4.78, 5) is 8.65. The fourth-order valence-electron chi connectivity index (χ4n) is 1.72. The summed E-state index contributed by atoms with van der Waals surface area (Å²) in [5.74, 6) is 0. The number of imidazole rings is 1. The van der Waals surface area contributed by atoms with Crippen molar-refractivity contribution in [1.82, 2.24) is 19.9 Å². The molecule has 2 aromatic rings.